The Morgan fingerprint density at radius 1 is 1.32 bits per heavy atom. The molecule has 0 radical (unpaired) electrons. The van der Waals surface area contributed by atoms with E-state index in [0.29, 0.717) is 0 Å². The molecule has 0 aliphatic heterocycles. The van der Waals surface area contributed by atoms with Crippen molar-refractivity contribution in [3.63, 3.8) is 0 Å². The number of rotatable bonds is 3. The molecule has 0 aliphatic rings. The number of carbonyl (C=O) groups is 2. The number of H-pyrrole nitrogens is 1. The molecule has 96 valence electrons. The molecule has 0 aliphatic carbocycles. The zero-order chi connectivity index (χ0) is 13.8. The molecular formula is C12H9N3O4. The van der Waals surface area contributed by atoms with Gasteiger partial charge >= 0.3 is 5.97 Å². The number of aromatic nitrogens is 2. The molecule has 0 spiro atoms. The van der Waals surface area contributed by atoms with Crippen molar-refractivity contribution in [3.8, 4) is 0 Å². The SMILES string of the molecule is O=C(O)c1ccnc(NC(=O)c2ccc[nH]c2=O)c1. The molecule has 1 amide bonds. The highest BCUT2D eigenvalue weighted by molar-refractivity contribution is 6.03. The van der Waals surface area contributed by atoms with Crippen LogP contribution in [-0.4, -0.2) is 27.0 Å². The van der Waals surface area contributed by atoms with Crippen LogP contribution in [0.2, 0.25) is 0 Å². The van der Waals surface area contributed by atoms with E-state index in [1.54, 1.807) is 0 Å². The smallest absolute Gasteiger partial charge is 0.335 e. The lowest BCUT2D eigenvalue weighted by Crippen LogP contribution is -2.23. The van der Waals surface area contributed by atoms with Crippen LogP contribution in [0.5, 0.6) is 0 Å². The molecule has 0 unspecified atom stereocenters. The number of anilines is 1. The van der Waals surface area contributed by atoms with Crippen molar-refractivity contribution in [1.82, 2.24) is 9.97 Å². The number of carboxylic acids is 1. The Morgan fingerprint density at radius 3 is 2.79 bits per heavy atom. The second-order valence-corrected chi connectivity index (χ2v) is 3.60. The fourth-order valence-electron chi connectivity index (χ4n) is 1.42. The van der Waals surface area contributed by atoms with Gasteiger partial charge in [-0.15, -0.1) is 0 Å². The standard InChI is InChI=1S/C12H9N3O4/c16-10-8(2-1-4-14-10)11(17)15-9-6-7(12(18)19)3-5-13-9/h1-6H,(H,14,16)(H,18,19)(H,13,15,17). The van der Waals surface area contributed by atoms with Crippen molar-refractivity contribution in [2.75, 3.05) is 5.32 Å². The number of pyridine rings is 2. The minimum absolute atomic E-state index is 0.00716. The second-order valence-electron chi connectivity index (χ2n) is 3.60. The number of aromatic amines is 1. The number of carboxylic acid groups (broad SMARTS) is 1. The van der Waals surface area contributed by atoms with Crippen LogP contribution in [0.25, 0.3) is 0 Å². The van der Waals surface area contributed by atoms with E-state index in [1.807, 2.05) is 0 Å². The normalized spacial score (nSPS) is 9.89. The van der Waals surface area contributed by atoms with Crippen LogP contribution >= 0.6 is 0 Å². The number of hydrogen-bond acceptors (Lipinski definition) is 4. The van der Waals surface area contributed by atoms with Crippen molar-refractivity contribution in [2.24, 2.45) is 0 Å². The number of amides is 1. The molecule has 7 nitrogen and oxygen atoms in total. The summed E-state index contributed by atoms with van der Waals surface area (Å²) in [4.78, 5) is 40.1. The number of aromatic carboxylic acids is 1. The van der Waals surface area contributed by atoms with Gasteiger partial charge in [-0.05, 0) is 24.3 Å². The zero-order valence-corrected chi connectivity index (χ0v) is 9.58. The molecule has 0 saturated carbocycles. The van der Waals surface area contributed by atoms with Gasteiger partial charge in [0, 0.05) is 12.4 Å². The summed E-state index contributed by atoms with van der Waals surface area (Å²) in [6.07, 6.45) is 2.66. The van der Waals surface area contributed by atoms with Crippen molar-refractivity contribution in [1.29, 1.82) is 0 Å². The summed E-state index contributed by atoms with van der Waals surface area (Å²) in [5, 5.41) is 11.2. The Hall–Kier alpha value is -2.96. The summed E-state index contributed by atoms with van der Waals surface area (Å²) in [6, 6.07) is 5.37. The highest BCUT2D eigenvalue weighted by atomic mass is 16.4. The summed E-state index contributed by atoms with van der Waals surface area (Å²) in [5.41, 5.74) is -0.619. The van der Waals surface area contributed by atoms with E-state index in [1.165, 1.54) is 36.7 Å². The minimum atomic E-state index is -1.13. The number of hydrogen-bond donors (Lipinski definition) is 3. The quantitative estimate of drug-likeness (QED) is 0.751. The van der Waals surface area contributed by atoms with Crippen LogP contribution in [-0.2, 0) is 0 Å². The van der Waals surface area contributed by atoms with Gasteiger partial charge in [0.1, 0.15) is 11.4 Å². The first-order chi connectivity index (χ1) is 9.08. The first-order valence-electron chi connectivity index (χ1n) is 5.26. The van der Waals surface area contributed by atoms with Crippen LogP contribution in [0.1, 0.15) is 20.7 Å². The summed E-state index contributed by atoms with van der Waals surface area (Å²) in [6.45, 7) is 0. The molecule has 19 heavy (non-hydrogen) atoms. The van der Waals surface area contributed by atoms with Crippen LogP contribution in [0, 0.1) is 0 Å². The van der Waals surface area contributed by atoms with E-state index in [0.717, 1.165) is 0 Å². The molecule has 0 atom stereocenters. The summed E-state index contributed by atoms with van der Waals surface area (Å²) in [7, 11) is 0. The van der Waals surface area contributed by atoms with Gasteiger partial charge in [-0.2, -0.15) is 0 Å². The van der Waals surface area contributed by atoms with Crippen LogP contribution in [0.15, 0.2) is 41.5 Å². The Balaban J connectivity index is 2.25. The maximum absolute atomic E-state index is 11.8. The van der Waals surface area contributed by atoms with E-state index < -0.39 is 17.4 Å². The van der Waals surface area contributed by atoms with Crippen LogP contribution in [0.4, 0.5) is 5.82 Å². The van der Waals surface area contributed by atoms with E-state index in [2.05, 4.69) is 15.3 Å². The van der Waals surface area contributed by atoms with Crippen molar-refractivity contribution in [3.05, 3.63) is 58.1 Å². The van der Waals surface area contributed by atoms with Crippen molar-refractivity contribution < 1.29 is 14.7 Å². The maximum atomic E-state index is 11.8. The first-order valence-corrected chi connectivity index (χ1v) is 5.26. The lowest BCUT2D eigenvalue weighted by Gasteiger charge is -2.04. The van der Waals surface area contributed by atoms with E-state index in [4.69, 9.17) is 5.11 Å². The van der Waals surface area contributed by atoms with Gasteiger partial charge in [0.15, 0.2) is 0 Å². The molecule has 0 saturated heterocycles. The Morgan fingerprint density at radius 2 is 2.11 bits per heavy atom. The average Bonchev–Trinajstić information content (AvgIpc) is 2.39. The third-order valence-corrected chi connectivity index (χ3v) is 2.31. The lowest BCUT2D eigenvalue weighted by atomic mass is 10.2. The average molecular weight is 259 g/mol. The molecule has 0 aromatic carbocycles. The van der Waals surface area contributed by atoms with E-state index >= 15 is 0 Å². The molecule has 7 heteroatoms. The molecule has 2 aromatic heterocycles. The fourth-order valence-corrected chi connectivity index (χ4v) is 1.42. The Labute approximate surface area is 106 Å². The highest BCUT2D eigenvalue weighted by Crippen LogP contribution is 2.07. The summed E-state index contributed by atoms with van der Waals surface area (Å²) >= 11 is 0. The fraction of sp³-hybridized carbons (Fsp3) is 0. The Kier molecular flexibility index (Phi) is 3.37. The highest BCUT2D eigenvalue weighted by Gasteiger charge is 2.11. The van der Waals surface area contributed by atoms with Gasteiger partial charge in [0.05, 0.1) is 5.56 Å². The largest absolute Gasteiger partial charge is 0.478 e. The Bertz CT molecular complexity index is 693. The number of carbonyl (C=O) groups excluding carboxylic acids is 1. The molecule has 2 aromatic rings. The van der Waals surface area contributed by atoms with Gasteiger partial charge in [0.2, 0.25) is 0 Å². The number of nitrogens with one attached hydrogen (secondary N) is 2. The van der Waals surface area contributed by atoms with Gasteiger partial charge in [0.25, 0.3) is 11.5 Å². The van der Waals surface area contributed by atoms with E-state index in [-0.39, 0.29) is 16.9 Å². The topological polar surface area (TPSA) is 112 Å². The predicted molar refractivity (Wildman–Crippen MR) is 66.2 cm³/mol. The monoisotopic (exact) mass is 259 g/mol. The second kappa shape index (κ2) is 5.13. The van der Waals surface area contributed by atoms with Gasteiger partial charge in [-0.1, -0.05) is 0 Å². The summed E-state index contributed by atoms with van der Waals surface area (Å²) in [5.74, 6) is -1.72. The van der Waals surface area contributed by atoms with Crippen LogP contribution < -0.4 is 10.9 Å². The lowest BCUT2D eigenvalue weighted by molar-refractivity contribution is 0.0696. The van der Waals surface area contributed by atoms with Gasteiger partial charge in [-0.25, -0.2) is 9.78 Å². The minimum Gasteiger partial charge on any atom is -0.478 e. The van der Waals surface area contributed by atoms with Crippen molar-refractivity contribution in [2.45, 2.75) is 0 Å². The maximum Gasteiger partial charge on any atom is 0.335 e. The van der Waals surface area contributed by atoms with E-state index in [9.17, 15) is 14.4 Å². The molecule has 0 fully saturated rings. The molecule has 3 N–H and O–H groups in total. The predicted octanol–water partition coefficient (Wildman–Crippen LogP) is 0.720. The molecule has 2 rings (SSSR count). The van der Waals surface area contributed by atoms with Crippen molar-refractivity contribution >= 4 is 17.7 Å². The van der Waals surface area contributed by atoms with Gasteiger partial charge < -0.3 is 15.4 Å². The zero-order valence-electron chi connectivity index (χ0n) is 9.58. The third-order valence-electron chi connectivity index (χ3n) is 2.31. The number of nitrogens with zero attached hydrogens (tertiary/aromatic N) is 1. The first kappa shape index (κ1) is 12.5. The third kappa shape index (κ3) is 2.83. The molecular weight excluding hydrogens is 250 g/mol. The van der Waals surface area contributed by atoms with Crippen LogP contribution in [0.3, 0.4) is 0 Å². The molecule has 2 heterocycles. The van der Waals surface area contributed by atoms with Gasteiger partial charge in [-0.3, -0.25) is 9.59 Å². The summed E-state index contributed by atoms with van der Waals surface area (Å²) < 4.78 is 0. The molecule has 0 bridgehead atoms.